The van der Waals surface area contributed by atoms with E-state index in [1.807, 2.05) is 38.1 Å². The van der Waals surface area contributed by atoms with Crippen molar-refractivity contribution in [3.63, 3.8) is 0 Å². The van der Waals surface area contributed by atoms with Crippen molar-refractivity contribution in [2.24, 2.45) is 0 Å². The lowest BCUT2D eigenvalue weighted by Crippen LogP contribution is -1.85. The van der Waals surface area contributed by atoms with E-state index < -0.39 is 5.89 Å². The van der Waals surface area contributed by atoms with Crippen molar-refractivity contribution in [3.05, 3.63) is 35.4 Å². The molecule has 0 aliphatic rings. The van der Waals surface area contributed by atoms with Crippen molar-refractivity contribution in [3.8, 4) is 0 Å². The smallest absolute Gasteiger partial charge is 0.0347 e. The van der Waals surface area contributed by atoms with Gasteiger partial charge in [0.25, 0.3) is 0 Å². The van der Waals surface area contributed by atoms with Crippen molar-refractivity contribution in [2.75, 3.05) is 0 Å². The molecule has 0 aromatic heterocycles. The summed E-state index contributed by atoms with van der Waals surface area (Å²) in [5.41, 5.74) is 2.32. The molecule has 0 spiro atoms. The van der Waals surface area contributed by atoms with Gasteiger partial charge in [-0.05, 0) is 18.4 Å². The summed E-state index contributed by atoms with van der Waals surface area (Å²) in [5, 5.41) is 0. The fourth-order valence-corrected chi connectivity index (χ4v) is 0.887. The van der Waals surface area contributed by atoms with Gasteiger partial charge < -0.3 is 0 Å². The second kappa shape index (κ2) is 2.87. The van der Waals surface area contributed by atoms with Gasteiger partial charge in [0.15, 0.2) is 0 Å². The van der Waals surface area contributed by atoms with E-state index >= 15 is 0 Å². The molecule has 0 heteroatoms. The molecule has 0 atom stereocenters. The van der Waals surface area contributed by atoms with Crippen molar-refractivity contribution >= 4 is 0 Å². The Kier molecular flexibility index (Phi) is 1.71. The van der Waals surface area contributed by atoms with Crippen LogP contribution in [0, 0.1) is 6.92 Å². The van der Waals surface area contributed by atoms with Gasteiger partial charge in [-0.1, -0.05) is 43.7 Å². The van der Waals surface area contributed by atoms with Gasteiger partial charge in [-0.25, -0.2) is 0 Å². The van der Waals surface area contributed by atoms with Crippen LogP contribution < -0.4 is 0 Å². The number of rotatable bonds is 1. The lowest BCUT2D eigenvalue weighted by Gasteiger charge is -2.03. The zero-order valence-electron chi connectivity index (χ0n) is 7.81. The molecule has 0 aliphatic heterocycles. The van der Waals surface area contributed by atoms with Crippen LogP contribution in [0.1, 0.15) is 32.2 Å². The summed E-state index contributed by atoms with van der Waals surface area (Å²) in [7, 11) is 0. The Balaban J connectivity index is 2.99. The van der Waals surface area contributed by atoms with E-state index in [1.165, 1.54) is 5.56 Å². The molecular formula is C10H14. The minimum absolute atomic E-state index is 0.465. The topological polar surface area (TPSA) is 0 Å². The van der Waals surface area contributed by atoms with Crippen LogP contribution in [0.4, 0.5) is 0 Å². The number of aryl methyl sites for hydroxylation is 1. The maximum Gasteiger partial charge on any atom is 0.0347 e. The first-order valence-corrected chi connectivity index (χ1v) is 3.57. The molecule has 0 aliphatic carbocycles. The maximum absolute atomic E-state index is 7.74. The van der Waals surface area contributed by atoms with Gasteiger partial charge in [-0.2, -0.15) is 0 Å². The number of hydrogen-bond acceptors (Lipinski definition) is 0. The van der Waals surface area contributed by atoms with Crippen molar-refractivity contribution < 1.29 is 1.37 Å². The average molecular weight is 135 g/mol. The fourth-order valence-electron chi connectivity index (χ4n) is 0.887. The highest BCUT2D eigenvalue weighted by molar-refractivity contribution is 5.23. The zero-order valence-corrected chi connectivity index (χ0v) is 6.81. The lowest BCUT2D eigenvalue weighted by molar-refractivity contribution is 0.866. The van der Waals surface area contributed by atoms with Gasteiger partial charge in [0, 0.05) is 1.37 Å². The molecule has 0 fully saturated rings. The standard InChI is InChI=1S/C10H14/c1-8(2)10-6-4-9(3)5-7-10/h4-8H,1-3H3/i8D. The SMILES string of the molecule is [2H]C(C)(C)c1ccc(C)cc1. The molecule has 0 bridgehead atoms. The highest BCUT2D eigenvalue weighted by atomic mass is 14.0. The van der Waals surface area contributed by atoms with Crippen LogP contribution >= 0.6 is 0 Å². The van der Waals surface area contributed by atoms with Crippen molar-refractivity contribution in [1.82, 2.24) is 0 Å². The Morgan fingerprint density at radius 2 is 1.70 bits per heavy atom. The van der Waals surface area contributed by atoms with Gasteiger partial charge >= 0.3 is 0 Å². The normalized spacial score (nSPS) is 12.9. The van der Waals surface area contributed by atoms with Crippen LogP contribution in [-0.4, -0.2) is 0 Å². The van der Waals surface area contributed by atoms with E-state index in [1.54, 1.807) is 0 Å². The van der Waals surface area contributed by atoms with E-state index in [0.29, 0.717) is 0 Å². The first kappa shape index (κ1) is 5.96. The maximum atomic E-state index is 7.74. The predicted octanol–water partition coefficient (Wildman–Crippen LogP) is 3.12. The Bertz CT molecular complexity index is 228. The van der Waals surface area contributed by atoms with Crippen molar-refractivity contribution in [1.29, 1.82) is 0 Å². The Hall–Kier alpha value is -0.780. The van der Waals surface area contributed by atoms with E-state index in [2.05, 4.69) is 6.92 Å². The number of hydrogen-bond donors (Lipinski definition) is 0. The summed E-state index contributed by atoms with van der Waals surface area (Å²) in [6.45, 7) is 5.86. The van der Waals surface area contributed by atoms with E-state index in [0.717, 1.165) is 5.56 Å². The Morgan fingerprint density at radius 1 is 1.20 bits per heavy atom. The van der Waals surface area contributed by atoms with Crippen molar-refractivity contribution in [2.45, 2.75) is 26.7 Å². The molecule has 54 valence electrons. The molecule has 0 heterocycles. The Labute approximate surface area is 64.3 Å². The van der Waals surface area contributed by atoms with Crippen LogP contribution in [0.25, 0.3) is 0 Å². The summed E-state index contributed by atoms with van der Waals surface area (Å²) in [5.74, 6) is -0.465. The lowest BCUT2D eigenvalue weighted by atomic mass is 10.0. The molecule has 0 saturated heterocycles. The quantitative estimate of drug-likeness (QED) is 0.555. The second-order valence-corrected chi connectivity index (χ2v) is 2.87. The van der Waals surface area contributed by atoms with E-state index in [4.69, 9.17) is 1.37 Å². The summed E-state index contributed by atoms with van der Waals surface area (Å²) >= 11 is 0. The third-order valence-electron chi connectivity index (χ3n) is 1.63. The monoisotopic (exact) mass is 135 g/mol. The van der Waals surface area contributed by atoms with Gasteiger partial charge in [0.1, 0.15) is 0 Å². The molecule has 1 aromatic rings. The molecule has 0 unspecified atom stereocenters. The van der Waals surface area contributed by atoms with Crippen LogP contribution in [0.2, 0.25) is 0 Å². The minimum Gasteiger partial charge on any atom is -0.0590 e. The summed E-state index contributed by atoms with van der Waals surface area (Å²) in [6.07, 6.45) is 0. The molecule has 1 aromatic carbocycles. The van der Waals surface area contributed by atoms with Crippen LogP contribution in [0.5, 0.6) is 0 Å². The van der Waals surface area contributed by atoms with E-state index in [9.17, 15) is 0 Å². The molecule has 0 nitrogen and oxygen atoms in total. The summed E-state index contributed by atoms with van der Waals surface area (Å²) < 4.78 is 7.74. The summed E-state index contributed by atoms with van der Waals surface area (Å²) in [6, 6.07) is 8.13. The van der Waals surface area contributed by atoms with Crippen LogP contribution in [-0.2, 0) is 0 Å². The second-order valence-electron chi connectivity index (χ2n) is 2.87. The molecule has 0 N–H and O–H groups in total. The average Bonchev–Trinajstić information content (AvgIpc) is 1.86. The van der Waals surface area contributed by atoms with Gasteiger partial charge in [-0.3, -0.25) is 0 Å². The summed E-state index contributed by atoms with van der Waals surface area (Å²) in [4.78, 5) is 0. The highest BCUT2D eigenvalue weighted by Crippen LogP contribution is 2.13. The minimum atomic E-state index is -0.465. The molecular weight excluding hydrogens is 120 g/mol. The van der Waals surface area contributed by atoms with Gasteiger partial charge in [0.05, 0.1) is 0 Å². The van der Waals surface area contributed by atoms with Gasteiger partial charge in [0.2, 0.25) is 0 Å². The third-order valence-corrected chi connectivity index (χ3v) is 1.63. The van der Waals surface area contributed by atoms with Crippen LogP contribution in [0.3, 0.4) is 0 Å². The first-order chi connectivity index (χ1) is 5.00. The highest BCUT2D eigenvalue weighted by Gasteiger charge is 1.95. The largest absolute Gasteiger partial charge is 0.0590 e. The fraction of sp³-hybridized carbons (Fsp3) is 0.400. The zero-order chi connectivity index (χ0) is 8.48. The molecule has 10 heavy (non-hydrogen) atoms. The molecule has 0 saturated carbocycles. The Morgan fingerprint density at radius 3 is 2.10 bits per heavy atom. The molecule has 1 rings (SSSR count). The molecule has 0 amide bonds. The predicted molar refractivity (Wildman–Crippen MR) is 45.3 cm³/mol. The van der Waals surface area contributed by atoms with Crippen LogP contribution in [0.15, 0.2) is 24.3 Å². The third kappa shape index (κ3) is 1.60. The van der Waals surface area contributed by atoms with Gasteiger partial charge in [-0.15, -0.1) is 0 Å². The van der Waals surface area contributed by atoms with E-state index in [-0.39, 0.29) is 0 Å². The number of benzene rings is 1. The first-order valence-electron chi connectivity index (χ1n) is 4.07. The molecule has 0 radical (unpaired) electrons.